The van der Waals surface area contributed by atoms with Crippen LogP contribution in [0.25, 0.3) is 0 Å². The second-order valence-electron chi connectivity index (χ2n) is 3.96. The van der Waals surface area contributed by atoms with Crippen LogP contribution in [-0.4, -0.2) is 9.97 Å². The lowest BCUT2D eigenvalue weighted by molar-refractivity contribution is 1.02. The van der Waals surface area contributed by atoms with Gasteiger partial charge in [-0.1, -0.05) is 41.4 Å². The van der Waals surface area contributed by atoms with E-state index in [1.165, 1.54) is 11.1 Å². The number of rotatable bonds is 3. The van der Waals surface area contributed by atoms with Crippen LogP contribution >= 0.6 is 11.6 Å². The molecule has 1 N–H and O–H groups in total. The molecule has 0 bridgehead atoms. The summed E-state index contributed by atoms with van der Waals surface area (Å²) in [5.41, 5.74) is 2.47. The van der Waals surface area contributed by atoms with E-state index in [1.807, 2.05) is 6.92 Å². The number of aromatic nitrogens is 2. The van der Waals surface area contributed by atoms with E-state index in [1.54, 1.807) is 6.07 Å². The van der Waals surface area contributed by atoms with Gasteiger partial charge in [-0.2, -0.15) is 0 Å². The minimum atomic E-state index is 0.462. The third-order valence-corrected chi connectivity index (χ3v) is 2.59. The predicted molar refractivity (Wildman–Crippen MR) is 70.3 cm³/mol. The fourth-order valence-corrected chi connectivity index (χ4v) is 1.75. The third kappa shape index (κ3) is 3.43. The number of hydrogen-bond acceptors (Lipinski definition) is 3. The zero-order valence-electron chi connectivity index (χ0n) is 9.87. The van der Waals surface area contributed by atoms with Crippen LogP contribution in [0.3, 0.4) is 0 Å². The maximum absolute atomic E-state index is 5.86. The Morgan fingerprint density at radius 1 is 1.12 bits per heavy atom. The molecule has 0 saturated carbocycles. The first-order valence-electron chi connectivity index (χ1n) is 5.44. The van der Waals surface area contributed by atoms with Gasteiger partial charge in [0.25, 0.3) is 0 Å². The quantitative estimate of drug-likeness (QED) is 0.846. The molecule has 1 aromatic carbocycles. The van der Waals surface area contributed by atoms with Gasteiger partial charge in [-0.25, -0.2) is 9.97 Å². The Morgan fingerprint density at radius 3 is 2.47 bits per heavy atom. The highest BCUT2D eigenvalue weighted by Gasteiger charge is 1.99. The van der Waals surface area contributed by atoms with Crippen molar-refractivity contribution in [2.24, 2.45) is 0 Å². The van der Waals surface area contributed by atoms with E-state index in [0.717, 1.165) is 12.4 Å². The van der Waals surface area contributed by atoms with Gasteiger partial charge in [-0.3, -0.25) is 0 Å². The number of halogens is 1. The van der Waals surface area contributed by atoms with Gasteiger partial charge in [0.1, 0.15) is 16.8 Å². The first kappa shape index (κ1) is 11.9. The molecule has 4 heteroatoms. The maximum atomic E-state index is 5.86. The van der Waals surface area contributed by atoms with Crippen LogP contribution in [0, 0.1) is 13.8 Å². The average Bonchev–Trinajstić information content (AvgIpc) is 2.27. The summed E-state index contributed by atoms with van der Waals surface area (Å²) in [7, 11) is 0. The molecular formula is C13H14ClN3. The van der Waals surface area contributed by atoms with E-state index in [2.05, 4.69) is 46.5 Å². The van der Waals surface area contributed by atoms with Crippen LogP contribution < -0.4 is 5.32 Å². The van der Waals surface area contributed by atoms with Gasteiger partial charge in [-0.05, 0) is 19.4 Å². The standard InChI is InChI=1S/C13H14ClN3/c1-9-3-5-11(6-4-9)8-15-13-7-12(14)16-10(2)17-13/h3-7H,8H2,1-2H3,(H,15,16,17). The molecule has 2 rings (SSSR count). The van der Waals surface area contributed by atoms with E-state index in [0.29, 0.717) is 11.0 Å². The average molecular weight is 248 g/mol. The summed E-state index contributed by atoms with van der Waals surface area (Å²) in [5.74, 6) is 1.42. The highest BCUT2D eigenvalue weighted by Crippen LogP contribution is 2.12. The van der Waals surface area contributed by atoms with Crippen molar-refractivity contribution < 1.29 is 0 Å². The van der Waals surface area contributed by atoms with Gasteiger partial charge in [-0.15, -0.1) is 0 Å². The number of nitrogens with one attached hydrogen (secondary N) is 1. The molecule has 0 aliphatic carbocycles. The zero-order chi connectivity index (χ0) is 12.3. The van der Waals surface area contributed by atoms with E-state index < -0.39 is 0 Å². The zero-order valence-corrected chi connectivity index (χ0v) is 10.6. The lowest BCUT2D eigenvalue weighted by atomic mass is 10.1. The van der Waals surface area contributed by atoms with Crippen LogP contribution in [0.15, 0.2) is 30.3 Å². The first-order valence-corrected chi connectivity index (χ1v) is 5.82. The number of benzene rings is 1. The molecule has 2 aromatic rings. The normalized spacial score (nSPS) is 10.3. The second kappa shape index (κ2) is 5.15. The van der Waals surface area contributed by atoms with Gasteiger partial charge >= 0.3 is 0 Å². The molecule has 0 aliphatic rings. The Hall–Kier alpha value is -1.61. The van der Waals surface area contributed by atoms with Crippen molar-refractivity contribution in [1.29, 1.82) is 0 Å². The van der Waals surface area contributed by atoms with Gasteiger partial charge < -0.3 is 5.32 Å². The summed E-state index contributed by atoms with van der Waals surface area (Å²) in [6.07, 6.45) is 0. The molecule has 1 heterocycles. The lowest BCUT2D eigenvalue weighted by Gasteiger charge is -2.06. The molecule has 0 fully saturated rings. The predicted octanol–water partition coefficient (Wildman–Crippen LogP) is 3.36. The van der Waals surface area contributed by atoms with E-state index in [4.69, 9.17) is 11.6 Å². The minimum absolute atomic E-state index is 0.462. The lowest BCUT2D eigenvalue weighted by Crippen LogP contribution is -2.03. The van der Waals surface area contributed by atoms with Crippen LogP contribution in [0.1, 0.15) is 17.0 Å². The Kier molecular flexibility index (Phi) is 3.59. The summed E-state index contributed by atoms with van der Waals surface area (Å²) in [4.78, 5) is 8.28. The topological polar surface area (TPSA) is 37.8 Å². The fourth-order valence-electron chi connectivity index (χ4n) is 1.52. The molecule has 3 nitrogen and oxygen atoms in total. The molecule has 0 amide bonds. The summed E-state index contributed by atoms with van der Waals surface area (Å²) in [6.45, 7) is 4.63. The molecule has 0 saturated heterocycles. The van der Waals surface area contributed by atoms with Crippen LogP contribution in [0.2, 0.25) is 5.15 Å². The van der Waals surface area contributed by atoms with Crippen molar-refractivity contribution in [1.82, 2.24) is 9.97 Å². The maximum Gasteiger partial charge on any atom is 0.134 e. The minimum Gasteiger partial charge on any atom is -0.366 e. The van der Waals surface area contributed by atoms with Crippen molar-refractivity contribution >= 4 is 17.4 Å². The molecule has 0 atom stereocenters. The molecule has 0 spiro atoms. The van der Waals surface area contributed by atoms with Crippen molar-refractivity contribution in [3.8, 4) is 0 Å². The highest BCUT2D eigenvalue weighted by molar-refractivity contribution is 6.29. The molecule has 17 heavy (non-hydrogen) atoms. The third-order valence-electron chi connectivity index (χ3n) is 2.40. The largest absolute Gasteiger partial charge is 0.366 e. The van der Waals surface area contributed by atoms with Crippen molar-refractivity contribution in [3.05, 3.63) is 52.4 Å². The molecule has 0 unspecified atom stereocenters. The van der Waals surface area contributed by atoms with E-state index >= 15 is 0 Å². The van der Waals surface area contributed by atoms with Gasteiger partial charge in [0, 0.05) is 12.6 Å². The Balaban J connectivity index is 2.04. The molecule has 0 aliphatic heterocycles. The SMILES string of the molecule is Cc1ccc(CNc2cc(Cl)nc(C)n2)cc1. The fraction of sp³-hybridized carbons (Fsp3) is 0.231. The summed E-state index contributed by atoms with van der Waals surface area (Å²) >= 11 is 5.86. The van der Waals surface area contributed by atoms with Gasteiger partial charge in [0.15, 0.2) is 0 Å². The Morgan fingerprint density at radius 2 is 1.82 bits per heavy atom. The number of nitrogens with zero attached hydrogens (tertiary/aromatic N) is 2. The van der Waals surface area contributed by atoms with Crippen molar-refractivity contribution in [2.45, 2.75) is 20.4 Å². The highest BCUT2D eigenvalue weighted by atomic mass is 35.5. The molecule has 1 aromatic heterocycles. The number of hydrogen-bond donors (Lipinski definition) is 1. The summed E-state index contributed by atoms with van der Waals surface area (Å²) in [6, 6.07) is 10.1. The van der Waals surface area contributed by atoms with E-state index in [9.17, 15) is 0 Å². The van der Waals surface area contributed by atoms with Crippen molar-refractivity contribution in [2.75, 3.05) is 5.32 Å². The monoisotopic (exact) mass is 247 g/mol. The first-order chi connectivity index (χ1) is 8.13. The van der Waals surface area contributed by atoms with Crippen LogP contribution in [0.4, 0.5) is 5.82 Å². The summed E-state index contributed by atoms with van der Waals surface area (Å²) in [5, 5.41) is 3.69. The smallest absolute Gasteiger partial charge is 0.134 e. The summed E-state index contributed by atoms with van der Waals surface area (Å²) < 4.78 is 0. The number of aryl methyl sites for hydroxylation is 2. The van der Waals surface area contributed by atoms with Crippen LogP contribution in [-0.2, 0) is 6.54 Å². The Labute approximate surface area is 106 Å². The van der Waals surface area contributed by atoms with Gasteiger partial charge in [0.2, 0.25) is 0 Å². The molecule has 88 valence electrons. The van der Waals surface area contributed by atoms with Crippen molar-refractivity contribution in [3.63, 3.8) is 0 Å². The van der Waals surface area contributed by atoms with Gasteiger partial charge in [0.05, 0.1) is 0 Å². The van der Waals surface area contributed by atoms with Crippen LogP contribution in [0.5, 0.6) is 0 Å². The molecular weight excluding hydrogens is 234 g/mol. The molecule has 0 radical (unpaired) electrons. The van der Waals surface area contributed by atoms with E-state index in [-0.39, 0.29) is 0 Å². The Bertz CT molecular complexity index is 488. The number of anilines is 1. The second-order valence-corrected chi connectivity index (χ2v) is 4.35.